The molecule has 1 aromatic heterocycles. The van der Waals surface area contributed by atoms with Crippen molar-refractivity contribution < 1.29 is 4.39 Å². The number of hydrogen-bond acceptors (Lipinski definition) is 2. The summed E-state index contributed by atoms with van der Waals surface area (Å²) in [6.45, 7) is 0. The molecular formula is C11H8BrFN2. The highest BCUT2D eigenvalue weighted by molar-refractivity contribution is 9.10. The van der Waals surface area contributed by atoms with Crippen molar-refractivity contribution in [2.75, 3.05) is 5.73 Å². The maximum absolute atomic E-state index is 12.7. The molecule has 0 radical (unpaired) electrons. The predicted octanol–water partition coefficient (Wildman–Crippen LogP) is 3.23. The molecule has 1 heterocycles. The van der Waals surface area contributed by atoms with Crippen LogP contribution in [0.1, 0.15) is 0 Å². The van der Waals surface area contributed by atoms with Gasteiger partial charge in [0.1, 0.15) is 5.82 Å². The summed E-state index contributed by atoms with van der Waals surface area (Å²) in [4.78, 5) is 4.16. The first kappa shape index (κ1) is 10.1. The minimum Gasteiger partial charge on any atom is -0.397 e. The number of anilines is 1. The van der Waals surface area contributed by atoms with Crippen LogP contribution in [-0.4, -0.2) is 4.98 Å². The Bertz CT molecular complexity index is 482. The van der Waals surface area contributed by atoms with Crippen molar-refractivity contribution >= 4 is 21.6 Å². The summed E-state index contributed by atoms with van der Waals surface area (Å²) in [6.07, 6.45) is 1.57. The first-order chi connectivity index (χ1) is 7.16. The van der Waals surface area contributed by atoms with Crippen molar-refractivity contribution in [3.63, 3.8) is 0 Å². The average Bonchev–Trinajstić information content (AvgIpc) is 2.23. The van der Waals surface area contributed by atoms with Gasteiger partial charge in [-0.15, -0.1) is 0 Å². The maximum Gasteiger partial charge on any atom is 0.123 e. The fourth-order valence-corrected chi connectivity index (χ4v) is 1.54. The molecule has 2 rings (SSSR count). The van der Waals surface area contributed by atoms with E-state index in [1.165, 1.54) is 12.1 Å². The Balaban J connectivity index is 2.45. The highest BCUT2D eigenvalue weighted by atomic mass is 79.9. The van der Waals surface area contributed by atoms with Crippen LogP contribution < -0.4 is 5.73 Å². The van der Waals surface area contributed by atoms with Crippen molar-refractivity contribution in [1.82, 2.24) is 4.98 Å². The lowest BCUT2D eigenvalue weighted by molar-refractivity contribution is 0.628. The van der Waals surface area contributed by atoms with Gasteiger partial charge < -0.3 is 5.73 Å². The number of benzene rings is 1. The highest BCUT2D eigenvalue weighted by Crippen LogP contribution is 2.24. The molecule has 0 amide bonds. The molecule has 0 spiro atoms. The molecule has 0 bridgehead atoms. The second-order valence-electron chi connectivity index (χ2n) is 3.10. The molecule has 0 unspecified atom stereocenters. The van der Waals surface area contributed by atoms with Crippen LogP contribution in [0.4, 0.5) is 10.1 Å². The van der Waals surface area contributed by atoms with E-state index in [1.807, 2.05) is 6.07 Å². The lowest BCUT2D eigenvalue weighted by atomic mass is 10.1. The number of halogens is 2. The second-order valence-corrected chi connectivity index (χ2v) is 3.95. The minimum absolute atomic E-state index is 0.256. The third kappa shape index (κ3) is 2.15. The SMILES string of the molecule is Nc1cnc(-c2ccc(F)cc2)cc1Br. The smallest absolute Gasteiger partial charge is 0.123 e. The fourth-order valence-electron chi connectivity index (χ4n) is 1.22. The summed E-state index contributed by atoms with van der Waals surface area (Å²) in [5.41, 5.74) is 7.82. The van der Waals surface area contributed by atoms with Crippen LogP contribution >= 0.6 is 15.9 Å². The second kappa shape index (κ2) is 3.98. The highest BCUT2D eigenvalue weighted by Gasteiger charge is 2.02. The van der Waals surface area contributed by atoms with Gasteiger partial charge in [-0.3, -0.25) is 4.98 Å². The van der Waals surface area contributed by atoms with Crippen molar-refractivity contribution in [1.29, 1.82) is 0 Å². The van der Waals surface area contributed by atoms with E-state index in [9.17, 15) is 4.39 Å². The third-order valence-electron chi connectivity index (χ3n) is 2.02. The van der Waals surface area contributed by atoms with Crippen LogP contribution in [0.15, 0.2) is 41.0 Å². The lowest BCUT2D eigenvalue weighted by Crippen LogP contribution is -1.90. The average molecular weight is 267 g/mol. The van der Waals surface area contributed by atoms with Crippen LogP contribution in [0.5, 0.6) is 0 Å². The molecule has 15 heavy (non-hydrogen) atoms. The summed E-state index contributed by atoms with van der Waals surface area (Å²) in [5.74, 6) is -0.256. The Kier molecular flexibility index (Phi) is 2.68. The van der Waals surface area contributed by atoms with Gasteiger partial charge in [0.25, 0.3) is 0 Å². The van der Waals surface area contributed by atoms with Gasteiger partial charge in [-0.25, -0.2) is 4.39 Å². The third-order valence-corrected chi connectivity index (χ3v) is 2.71. The number of nitrogens with zero attached hydrogens (tertiary/aromatic N) is 1. The number of nitrogens with two attached hydrogens (primary N) is 1. The minimum atomic E-state index is -0.256. The van der Waals surface area contributed by atoms with Gasteiger partial charge in [0.15, 0.2) is 0 Å². The van der Waals surface area contributed by atoms with E-state index in [0.29, 0.717) is 5.69 Å². The Morgan fingerprint density at radius 2 is 1.87 bits per heavy atom. The zero-order valence-electron chi connectivity index (χ0n) is 7.74. The molecule has 1 aromatic carbocycles. The Morgan fingerprint density at radius 3 is 2.47 bits per heavy atom. The fraction of sp³-hybridized carbons (Fsp3) is 0. The van der Waals surface area contributed by atoms with Crippen LogP contribution in [0, 0.1) is 5.82 Å². The van der Waals surface area contributed by atoms with Gasteiger partial charge in [0.05, 0.1) is 17.6 Å². The number of pyridine rings is 1. The molecule has 0 aliphatic carbocycles. The van der Waals surface area contributed by atoms with E-state index in [0.717, 1.165) is 15.7 Å². The first-order valence-electron chi connectivity index (χ1n) is 4.34. The van der Waals surface area contributed by atoms with Gasteiger partial charge in [-0.2, -0.15) is 0 Å². The first-order valence-corrected chi connectivity index (χ1v) is 5.13. The molecule has 0 saturated carbocycles. The van der Waals surface area contributed by atoms with Crippen molar-refractivity contribution in [3.05, 3.63) is 46.8 Å². The largest absolute Gasteiger partial charge is 0.397 e. The molecular weight excluding hydrogens is 259 g/mol. The molecule has 0 fully saturated rings. The van der Waals surface area contributed by atoms with E-state index < -0.39 is 0 Å². The molecule has 2 aromatic rings. The van der Waals surface area contributed by atoms with Crippen LogP contribution in [0.2, 0.25) is 0 Å². The summed E-state index contributed by atoms with van der Waals surface area (Å²) in [7, 11) is 0. The van der Waals surface area contributed by atoms with E-state index in [2.05, 4.69) is 20.9 Å². The van der Waals surface area contributed by atoms with Crippen molar-refractivity contribution in [2.45, 2.75) is 0 Å². The van der Waals surface area contributed by atoms with Gasteiger partial charge in [-0.05, 0) is 46.3 Å². The summed E-state index contributed by atoms with van der Waals surface area (Å²) < 4.78 is 13.5. The van der Waals surface area contributed by atoms with Crippen LogP contribution in [0.3, 0.4) is 0 Å². The van der Waals surface area contributed by atoms with Gasteiger partial charge >= 0.3 is 0 Å². The maximum atomic E-state index is 12.7. The van der Waals surface area contributed by atoms with Crippen molar-refractivity contribution in [3.8, 4) is 11.3 Å². The number of nitrogen functional groups attached to an aromatic ring is 1. The molecule has 0 aliphatic rings. The summed E-state index contributed by atoms with van der Waals surface area (Å²) in [5, 5.41) is 0. The van der Waals surface area contributed by atoms with E-state index >= 15 is 0 Å². The van der Waals surface area contributed by atoms with Crippen molar-refractivity contribution in [2.24, 2.45) is 0 Å². The van der Waals surface area contributed by atoms with E-state index in [4.69, 9.17) is 5.73 Å². The number of rotatable bonds is 1. The number of hydrogen-bond donors (Lipinski definition) is 1. The summed E-state index contributed by atoms with van der Waals surface area (Å²) >= 11 is 3.32. The normalized spacial score (nSPS) is 10.3. The standard InChI is InChI=1S/C11H8BrFN2/c12-9-5-11(15-6-10(9)14)7-1-3-8(13)4-2-7/h1-6H,14H2. The number of aromatic nitrogens is 1. The van der Waals surface area contributed by atoms with Gasteiger partial charge in [0.2, 0.25) is 0 Å². The molecule has 0 atom stereocenters. The zero-order chi connectivity index (χ0) is 10.8. The van der Waals surface area contributed by atoms with E-state index in [1.54, 1.807) is 18.3 Å². The summed E-state index contributed by atoms with van der Waals surface area (Å²) in [6, 6.07) is 7.98. The zero-order valence-corrected chi connectivity index (χ0v) is 9.33. The Morgan fingerprint density at radius 1 is 1.20 bits per heavy atom. The van der Waals surface area contributed by atoms with Crippen LogP contribution in [-0.2, 0) is 0 Å². The topological polar surface area (TPSA) is 38.9 Å². The lowest BCUT2D eigenvalue weighted by Gasteiger charge is -2.03. The monoisotopic (exact) mass is 266 g/mol. The molecule has 0 aliphatic heterocycles. The molecule has 76 valence electrons. The quantitative estimate of drug-likeness (QED) is 0.861. The van der Waals surface area contributed by atoms with E-state index in [-0.39, 0.29) is 5.82 Å². The predicted molar refractivity (Wildman–Crippen MR) is 61.7 cm³/mol. The van der Waals surface area contributed by atoms with Crippen LogP contribution in [0.25, 0.3) is 11.3 Å². The Hall–Kier alpha value is -1.42. The molecule has 0 saturated heterocycles. The molecule has 2 N–H and O–H groups in total. The van der Waals surface area contributed by atoms with Gasteiger partial charge in [0, 0.05) is 10.0 Å². The molecule has 2 nitrogen and oxygen atoms in total. The van der Waals surface area contributed by atoms with Gasteiger partial charge in [-0.1, -0.05) is 0 Å². The Labute approximate surface area is 95.1 Å². The molecule has 4 heteroatoms.